The molecule has 37 heavy (non-hydrogen) atoms. The molecule has 11 heteroatoms. The molecule has 3 aromatic carbocycles. The van der Waals surface area contributed by atoms with E-state index in [1.165, 1.54) is 23.9 Å². The Balaban J connectivity index is 1.62. The van der Waals surface area contributed by atoms with Crippen molar-refractivity contribution in [2.24, 2.45) is 0 Å². The van der Waals surface area contributed by atoms with Crippen LogP contribution in [0.5, 0.6) is 0 Å². The van der Waals surface area contributed by atoms with Crippen molar-refractivity contribution in [1.29, 1.82) is 0 Å². The third-order valence-electron chi connectivity index (χ3n) is 5.56. The van der Waals surface area contributed by atoms with Crippen molar-refractivity contribution in [3.63, 3.8) is 0 Å². The standard InChI is InChI=1S/C26H21ClF4N4OS/c1-15-3-10-20(27)13-22(15)35-23(33-34-25(35)37-14-17-4-11-21(28)12-5-17)16(2)32-24(36)18-6-8-19(9-7-18)26(29,30)31/h3-13,16H,14H2,1-2H3,(H,32,36). The molecule has 0 radical (unpaired) electrons. The number of hydrogen-bond donors (Lipinski definition) is 1. The number of halogens is 5. The summed E-state index contributed by atoms with van der Waals surface area (Å²) in [6.07, 6.45) is -4.49. The molecule has 0 saturated carbocycles. The van der Waals surface area contributed by atoms with Crippen LogP contribution >= 0.6 is 23.4 Å². The number of carbonyl (C=O) groups excluding carboxylic acids is 1. The number of aromatic nitrogens is 3. The van der Waals surface area contributed by atoms with Gasteiger partial charge in [0.25, 0.3) is 5.91 Å². The average Bonchev–Trinajstić information content (AvgIpc) is 3.28. The van der Waals surface area contributed by atoms with Gasteiger partial charge in [-0.15, -0.1) is 10.2 Å². The van der Waals surface area contributed by atoms with Crippen LogP contribution in [0.2, 0.25) is 5.02 Å². The number of carbonyl (C=O) groups is 1. The van der Waals surface area contributed by atoms with Crippen molar-refractivity contribution in [3.05, 3.63) is 106 Å². The molecule has 4 aromatic rings. The van der Waals surface area contributed by atoms with E-state index in [0.717, 1.165) is 35.4 Å². The first-order chi connectivity index (χ1) is 17.5. The van der Waals surface area contributed by atoms with E-state index in [2.05, 4.69) is 15.5 Å². The van der Waals surface area contributed by atoms with Gasteiger partial charge in [0.2, 0.25) is 0 Å². The topological polar surface area (TPSA) is 59.8 Å². The number of benzene rings is 3. The molecule has 1 unspecified atom stereocenters. The maximum absolute atomic E-state index is 13.3. The molecular formula is C26H21ClF4N4OS. The predicted molar refractivity (Wildman–Crippen MR) is 134 cm³/mol. The van der Waals surface area contributed by atoms with Crippen molar-refractivity contribution in [2.75, 3.05) is 0 Å². The zero-order valence-electron chi connectivity index (χ0n) is 19.7. The van der Waals surface area contributed by atoms with Crippen molar-refractivity contribution in [2.45, 2.75) is 37.0 Å². The fourth-order valence-electron chi connectivity index (χ4n) is 3.59. The molecule has 0 saturated heterocycles. The molecule has 0 aliphatic rings. The first-order valence-corrected chi connectivity index (χ1v) is 12.5. The Morgan fingerprint density at radius 1 is 1.05 bits per heavy atom. The summed E-state index contributed by atoms with van der Waals surface area (Å²) in [5.74, 6) is 0.0161. The van der Waals surface area contributed by atoms with Gasteiger partial charge in [-0.25, -0.2) is 4.39 Å². The van der Waals surface area contributed by atoms with Gasteiger partial charge < -0.3 is 5.32 Å². The summed E-state index contributed by atoms with van der Waals surface area (Å²) in [6.45, 7) is 3.60. The highest BCUT2D eigenvalue weighted by Gasteiger charge is 2.30. The van der Waals surface area contributed by atoms with Gasteiger partial charge in [0.15, 0.2) is 11.0 Å². The second kappa shape index (κ2) is 10.9. The van der Waals surface area contributed by atoms with Gasteiger partial charge in [0.1, 0.15) is 5.82 Å². The second-order valence-corrected chi connectivity index (χ2v) is 9.67. The number of aryl methyl sites for hydroxylation is 1. The molecule has 0 bridgehead atoms. The van der Waals surface area contributed by atoms with E-state index >= 15 is 0 Å². The maximum atomic E-state index is 13.3. The summed E-state index contributed by atoms with van der Waals surface area (Å²) in [7, 11) is 0. The highest BCUT2D eigenvalue weighted by molar-refractivity contribution is 7.98. The van der Waals surface area contributed by atoms with Crippen LogP contribution in [-0.2, 0) is 11.9 Å². The smallest absolute Gasteiger partial charge is 0.342 e. The van der Waals surface area contributed by atoms with E-state index in [-0.39, 0.29) is 11.4 Å². The van der Waals surface area contributed by atoms with Gasteiger partial charge in [0.05, 0.1) is 17.3 Å². The number of hydrogen-bond acceptors (Lipinski definition) is 4. The molecule has 0 aliphatic carbocycles. The Bertz CT molecular complexity index is 1410. The lowest BCUT2D eigenvalue weighted by atomic mass is 10.1. The Kier molecular flexibility index (Phi) is 7.89. The van der Waals surface area contributed by atoms with Crippen LogP contribution in [0, 0.1) is 12.7 Å². The molecule has 1 heterocycles. The van der Waals surface area contributed by atoms with E-state index < -0.39 is 23.7 Å². The molecule has 4 rings (SSSR count). The molecule has 0 spiro atoms. The molecule has 0 fully saturated rings. The zero-order chi connectivity index (χ0) is 26.7. The number of alkyl halides is 3. The summed E-state index contributed by atoms with van der Waals surface area (Å²) in [6, 6.07) is 14.8. The van der Waals surface area contributed by atoms with Crippen molar-refractivity contribution >= 4 is 29.3 Å². The number of nitrogens with one attached hydrogen (secondary N) is 1. The molecule has 1 atom stereocenters. The van der Waals surface area contributed by atoms with Gasteiger partial charge in [0, 0.05) is 16.3 Å². The lowest BCUT2D eigenvalue weighted by Gasteiger charge is -2.18. The van der Waals surface area contributed by atoms with E-state index in [0.29, 0.717) is 27.4 Å². The van der Waals surface area contributed by atoms with E-state index in [9.17, 15) is 22.4 Å². The summed E-state index contributed by atoms with van der Waals surface area (Å²) < 4.78 is 53.7. The lowest BCUT2D eigenvalue weighted by Crippen LogP contribution is -2.28. The van der Waals surface area contributed by atoms with Crippen LogP contribution in [0.3, 0.4) is 0 Å². The number of thioether (sulfide) groups is 1. The summed E-state index contributed by atoms with van der Waals surface area (Å²) >= 11 is 7.65. The highest BCUT2D eigenvalue weighted by atomic mass is 35.5. The van der Waals surface area contributed by atoms with Crippen LogP contribution in [0.25, 0.3) is 5.69 Å². The molecule has 0 aliphatic heterocycles. The van der Waals surface area contributed by atoms with Crippen molar-refractivity contribution in [3.8, 4) is 5.69 Å². The molecule has 192 valence electrons. The predicted octanol–water partition coefficient (Wildman–Crippen LogP) is 7.17. The van der Waals surface area contributed by atoms with Crippen LogP contribution < -0.4 is 5.32 Å². The quantitative estimate of drug-likeness (QED) is 0.196. The van der Waals surface area contributed by atoms with E-state index in [1.54, 1.807) is 35.8 Å². The van der Waals surface area contributed by atoms with Crippen LogP contribution in [0.1, 0.15) is 45.8 Å². The second-order valence-electron chi connectivity index (χ2n) is 8.29. The highest BCUT2D eigenvalue weighted by Crippen LogP contribution is 2.31. The molecule has 1 N–H and O–H groups in total. The number of nitrogens with zero attached hydrogens (tertiary/aromatic N) is 3. The molecule has 1 aromatic heterocycles. The zero-order valence-corrected chi connectivity index (χ0v) is 21.3. The lowest BCUT2D eigenvalue weighted by molar-refractivity contribution is -0.137. The first kappa shape index (κ1) is 26.7. The summed E-state index contributed by atoms with van der Waals surface area (Å²) in [5.41, 5.74) is 1.72. The van der Waals surface area contributed by atoms with Crippen LogP contribution in [0.15, 0.2) is 71.9 Å². The van der Waals surface area contributed by atoms with Gasteiger partial charge in [-0.05, 0) is 73.5 Å². The fourth-order valence-corrected chi connectivity index (χ4v) is 4.66. The Morgan fingerprint density at radius 3 is 2.38 bits per heavy atom. The van der Waals surface area contributed by atoms with Crippen LogP contribution in [0.4, 0.5) is 17.6 Å². The molecular weight excluding hydrogens is 528 g/mol. The Labute approximate surface area is 219 Å². The van der Waals surface area contributed by atoms with Gasteiger partial charge in [-0.2, -0.15) is 13.2 Å². The Hall–Kier alpha value is -3.37. The van der Waals surface area contributed by atoms with E-state index in [1.807, 2.05) is 13.0 Å². The monoisotopic (exact) mass is 548 g/mol. The van der Waals surface area contributed by atoms with Gasteiger partial charge in [-0.3, -0.25) is 9.36 Å². The minimum absolute atomic E-state index is 0.0794. The maximum Gasteiger partial charge on any atom is 0.416 e. The molecule has 1 amide bonds. The van der Waals surface area contributed by atoms with Crippen molar-refractivity contribution < 1.29 is 22.4 Å². The van der Waals surface area contributed by atoms with E-state index in [4.69, 9.17) is 11.6 Å². The SMILES string of the molecule is Cc1ccc(Cl)cc1-n1c(SCc2ccc(F)cc2)nnc1C(C)NC(=O)c1ccc(C(F)(F)F)cc1. The average molecular weight is 549 g/mol. The summed E-state index contributed by atoms with van der Waals surface area (Å²) in [5, 5.41) is 12.4. The third-order valence-corrected chi connectivity index (χ3v) is 6.80. The largest absolute Gasteiger partial charge is 0.416 e. The number of amides is 1. The summed E-state index contributed by atoms with van der Waals surface area (Å²) in [4.78, 5) is 12.8. The van der Waals surface area contributed by atoms with Gasteiger partial charge >= 0.3 is 6.18 Å². The minimum atomic E-state index is -4.49. The van der Waals surface area contributed by atoms with Crippen LogP contribution in [-0.4, -0.2) is 20.7 Å². The fraction of sp³-hybridized carbons (Fsp3) is 0.192. The minimum Gasteiger partial charge on any atom is -0.342 e. The Morgan fingerprint density at radius 2 is 1.73 bits per heavy atom. The van der Waals surface area contributed by atoms with Gasteiger partial charge in [-0.1, -0.05) is 41.6 Å². The molecule has 5 nitrogen and oxygen atoms in total. The van der Waals surface area contributed by atoms with Crippen molar-refractivity contribution in [1.82, 2.24) is 20.1 Å². The number of rotatable bonds is 7. The normalized spacial score (nSPS) is 12.4. The third kappa shape index (κ3) is 6.31. The first-order valence-electron chi connectivity index (χ1n) is 11.1.